The number of halogens is 2. The fraction of sp³-hybridized carbons (Fsp3) is 0.294. The number of nitrogens with one attached hydrogen (secondary N) is 1. The molecule has 126 valence electrons. The summed E-state index contributed by atoms with van der Waals surface area (Å²) in [6.45, 7) is 1.60. The molecule has 0 atom stereocenters. The second kappa shape index (κ2) is 6.82. The van der Waals surface area contributed by atoms with Gasteiger partial charge in [-0.15, -0.1) is 0 Å². The van der Waals surface area contributed by atoms with E-state index in [1.807, 2.05) is 6.07 Å². The number of H-pyrrole nitrogens is 1. The molecule has 0 saturated carbocycles. The summed E-state index contributed by atoms with van der Waals surface area (Å²) >= 11 is 0. The van der Waals surface area contributed by atoms with Gasteiger partial charge in [-0.2, -0.15) is 0 Å². The highest BCUT2D eigenvalue weighted by Gasteiger charge is 2.25. The maximum absolute atomic E-state index is 13.3. The Morgan fingerprint density at radius 3 is 2.33 bits per heavy atom. The van der Waals surface area contributed by atoms with Crippen LogP contribution in [0.25, 0.3) is 0 Å². The van der Waals surface area contributed by atoms with Crippen LogP contribution in [0, 0.1) is 11.6 Å². The van der Waals surface area contributed by atoms with Crippen molar-refractivity contribution in [3.8, 4) is 0 Å². The van der Waals surface area contributed by atoms with Gasteiger partial charge in [0.25, 0.3) is 5.91 Å². The summed E-state index contributed by atoms with van der Waals surface area (Å²) in [5.41, 5.74) is 1.03. The fourth-order valence-electron chi connectivity index (χ4n) is 2.73. The smallest absolute Gasteiger partial charge is 0.254 e. The van der Waals surface area contributed by atoms with Crippen LogP contribution in [0.3, 0.4) is 0 Å². The van der Waals surface area contributed by atoms with Gasteiger partial charge < -0.3 is 14.8 Å². The third kappa shape index (κ3) is 3.45. The number of carbonyl (C=O) groups is 2. The first kappa shape index (κ1) is 16.2. The second-order valence-electron chi connectivity index (χ2n) is 5.70. The normalized spacial score (nSPS) is 14.8. The number of piperazine rings is 1. The van der Waals surface area contributed by atoms with E-state index in [2.05, 4.69) is 4.98 Å². The van der Waals surface area contributed by atoms with Crippen LogP contribution in [0.5, 0.6) is 0 Å². The topological polar surface area (TPSA) is 56.4 Å². The van der Waals surface area contributed by atoms with E-state index in [1.54, 1.807) is 22.2 Å². The first-order chi connectivity index (χ1) is 11.5. The predicted molar refractivity (Wildman–Crippen MR) is 83.3 cm³/mol. The summed E-state index contributed by atoms with van der Waals surface area (Å²) in [5.74, 6) is -2.37. The lowest BCUT2D eigenvalue weighted by atomic mass is 10.1. The van der Waals surface area contributed by atoms with E-state index < -0.39 is 11.6 Å². The minimum atomic E-state index is -1.04. The van der Waals surface area contributed by atoms with E-state index in [9.17, 15) is 18.4 Å². The van der Waals surface area contributed by atoms with Crippen LogP contribution in [-0.2, 0) is 11.2 Å². The molecule has 2 amide bonds. The van der Waals surface area contributed by atoms with Crippen LogP contribution in [0.4, 0.5) is 8.78 Å². The average Bonchev–Trinajstić information content (AvgIpc) is 3.10. The molecule has 0 radical (unpaired) electrons. The molecule has 2 aromatic rings. The highest BCUT2D eigenvalue weighted by molar-refractivity contribution is 5.94. The molecule has 7 heteroatoms. The zero-order valence-corrected chi connectivity index (χ0v) is 13.0. The lowest BCUT2D eigenvalue weighted by Gasteiger charge is -2.34. The van der Waals surface area contributed by atoms with Gasteiger partial charge in [-0.3, -0.25) is 9.59 Å². The summed E-state index contributed by atoms with van der Waals surface area (Å²) in [5, 5.41) is 0. The van der Waals surface area contributed by atoms with Crippen LogP contribution in [0.1, 0.15) is 15.9 Å². The zero-order chi connectivity index (χ0) is 17.1. The van der Waals surface area contributed by atoms with Gasteiger partial charge in [0.2, 0.25) is 5.91 Å². The molecule has 0 spiro atoms. The van der Waals surface area contributed by atoms with Gasteiger partial charge in [0, 0.05) is 44.1 Å². The Morgan fingerprint density at radius 1 is 1.00 bits per heavy atom. The Morgan fingerprint density at radius 2 is 1.71 bits per heavy atom. The molecule has 1 N–H and O–H groups in total. The van der Waals surface area contributed by atoms with Gasteiger partial charge in [-0.05, 0) is 29.8 Å². The zero-order valence-electron chi connectivity index (χ0n) is 13.0. The molecular formula is C17H17F2N3O2. The summed E-state index contributed by atoms with van der Waals surface area (Å²) in [4.78, 5) is 30.7. The molecule has 1 saturated heterocycles. The maximum Gasteiger partial charge on any atom is 0.254 e. The average molecular weight is 333 g/mol. The Balaban J connectivity index is 1.57. The Bertz CT molecular complexity index is 738. The van der Waals surface area contributed by atoms with Gasteiger partial charge in [0.05, 0.1) is 6.42 Å². The quantitative estimate of drug-likeness (QED) is 0.931. The van der Waals surface area contributed by atoms with Crippen molar-refractivity contribution >= 4 is 11.8 Å². The predicted octanol–water partition coefficient (Wildman–Crippen LogP) is 1.82. The molecule has 3 rings (SSSR count). The lowest BCUT2D eigenvalue weighted by Crippen LogP contribution is -2.51. The molecule has 0 bridgehead atoms. The van der Waals surface area contributed by atoms with E-state index in [0.29, 0.717) is 32.6 Å². The molecule has 1 fully saturated rings. The van der Waals surface area contributed by atoms with Gasteiger partial charge in [-0.1, -0.05) is 0 Å². The van der Waals surface area contributed by atoms with Crippen LogP contribution >= 0.6 is 0 Å². The van der Waals surface area contributed by atoms with Crippen LogP contribution < -0.4 is 0 Å². The summed E-state index contributed by atoms with van der Waals surface area (Å²) in [6.07, 6.45) is 3.86. The molecular weight excluding hydrogens is 316 g/mol. The lowest BCUT2D eigenvalue weighted by molar-refractivity contribution is -0.131. The number of benzene rings is 1. The van der Waals surface area contributed by atoms with Gasteiger partial charge in [0.15, 0.2) is 11.6 Å². The number of amides is 2. The highest BCUT2D eigenvalue weighted by Crippen LogP contribution is 2.13. The SMILES string of the molecule is O=C(Cc1cc[nH]c1)N1CCN(C(=O)c2ccc(F)c(F)c2)CC1. The van der Waals surface area contributed by atoms with Crippen molar-refractivity contribution in [2.45, 2.75) is 6.42 Å². The second-order valence-corrected chi connectivity index (χ2v) is 5.70. The molecule has 0 unspecified atom stereocenters. The monoisotopic (exact) mass is 333 g/mol. The first-order valence-electron chi connectivity index (χ1n) is 7.68. The minimum Gasteiger partial charge on any atom is -0.367 e. The molecule has 0 aliphatic carbocycles. The molecule has 1 aliphatic heterocycles. The van der Waals surface area contributed by atoms with Gasteiger partial charge in [-0.25, -0.2) is 8.78 Å². The molecule has 24 heavy (non-hydrogen) atoms. The molecule has 2 heterocycles. The number of carbonyl (C=O) groups excluding carboxylic acids is 2. The van der Waals surface area contributed by atoms with Crippen LogP contribution in [0.15, 0.2) is 36.7 Å². The number of aromatic nitrogens is 1. The van der Waals surface area contributed by atoms with E-state index in [-0.39, 0.29) is 17.4 Å². The van der Waals surface area contributed by atoms with E-state index in [4.69, 9.17) is 0 Å². The van der Waals surface area contributed by atoms with Crippen molar-refractivity contribution in [3.63, 3.8) is 0 Å². The number of hydrogen-bond donors (Lipinski definition) is 1. The molecule has 1 aliphatic rings. The third-order valence-corrected chi connectivity index (χ3v) is 4.10. The number of nitrogens with zero attached hydrogens (tertiary/aromatic N) is 2. The molecule has 1 aromatic heterocycles. The minimum absolute atomic E-state index is 0.00882. The Kier molecular flexibility index (Phi) is 4.59. The van der Waals surface area contributed by atoms with Gasteiger partial charge >= 0.3 is 0 Å². The molecule has 5 nitrogen and oxygen atoms in total. The van der Waals surface area contributed by atoms with E-state index >= 15 is 0 Å². The van der Waals surface area contributed by atoms with Crippen molar-refractivity contribution in [1.29, 1.82) is 0 Å². The van der Waals surface area contributed by atoms with Crippen LogP contribution in [0.2, 0.25) is 0 Å². The largest absolute Gasteiger partial charge is 0.367 e. The maximum atomic E-state index is 13.3. The fourth-order valence-corrected chi connectivity index (χ4v) is 2.73. The summed E-state index contributed by atoms with van der Waals surface area (Å²) in [6, 6.07) is 4.96. The Labute approximate surface area is 137 Å². The standard InChI is InChI=1S/C17H17F2N3O2/c18-14-2-1-13(10-15(14)19)17(24)22-7-5-21(6-8-22)16(23)9-12-3-4-20-11-12/h1-4,10-11,20H,5-9H2. The number of hydrogen-bond acceptors (Lipinski definition) is 2. The van der Waals surface area contributed by atoms with E-state index in [0.717, 1.165) is 17.7 Å². The van der Waals surface area contributed by atoms with E-state index in [1.165, 1.54) is 6.07 Å². The molecule has 1 aromatic carbocycles. The van der Waals surface area contributed by atoms with Crippen molar-refractivity contribution in [1.82, 2.24) is 14.8 Å². The van der Waals surface area contributed by atoms with Crippen molar-refractivity contribution < 1.29 is 18.4 Å². The van der Waals surface area contributed by atoms with Crippen LogP contribution in [-0.4, -0.2) is 52.8 Å². The number of rotatable bonds is 3. The first-order valence-corrected chi connectivity index (χ1v) is 7.68. The van der Waals surface area contributed by atoms with Crippen molar-refractivity contribution in [2.75, 3.05) is 26.2 Å². The Hall–Kier alpha value is -2.70. The summed E-state index contributed by atoms with van der Waals surface area (Å²) in [7, 11) is 0. The highest BCUT2D eigenvalue weighted by atomic mass is 19.2. The van der Waals surface area contributed by atoms with Crippen molar-refractivity contribution in [2.24, 2.45) is 0 Å². The number of aromatic amines is 1. The van der Waals surface area contributed by atoms with Crippen molar-refractivity contribution in [3.05, 3.63) is 59.4 Å². The summed E-state index contributed by atoms with van der Waals surface area (Å²) < 4.78 is 26.2. The third-order valence-electron chi connectivity index (χ3n) is 4.10. The van der Waals surface area contributed by atoms with Gasteiger partial charge in [0.1, 0.15) is 0 Å².